The summed E-state index contributed by atoms with van der Waals surface area (Å²) in [6.07, 6.45) is 15.7. The van der Waals surface area contributed by atoms with Gasteiger partial charge in [0.25, 0.3) is 0 Å². The minimum Gasteiger partial charge on any atom is -0.393 e. The van der Waals surface area contributed by atoms with Crippen molar-refractivity contribution in [3.63, 3.8) is 0 Å². The molecule has 0 radical (unpaired) electrons. The zero-order valence-electron chi connectivity index (χ0n) is 20.2. The molecule has 0 aromatic rings. The topological polar surface area (TPSA) is 20.2 Å². The lowest BCUT2D eigenvalue weighted by molar-refractivity contribution is -0.0574. The highest BCUT2D eigenvalue weighted by Gasteiger charge is 2.59. The Hall–Kier alpha value is -0.300. The van der Waals surface area contributed by atoms with Crippen molar-refractivity contribution >= 4 is 0 Å². The van der Waals surface area contributed by atoms with E-state index >= 15 is 0 Å². The van der Waals surface area contributed by atoms with Crippen LogP contribution in [0.1, 0.15) is 106 Å². The highest BCUT2D eigenvalue weighted by molar-refractivity contribution is 5.25. The predicted molar refractivity (Wildman–Crippen MR) is 124 cm³/mol. The van der Waals surface area contributed by atoms with Crippen molar-refractivity contribution in [1.82, 2.24) is 0 Å². The molecule has 166 valence electrons. The van der Waals surface area contributed by atoms with E-state index in [2.05, 4.69) is 47.6 Å². The summed E-state index contributed by atoms with van der Waals surface area (Å²) < 4.78 is 0. The number of hydrogen-bond acceptors (Lipinski definition) is 1. The Labute approximate surface area is 181 Å². The van der Waals surface area contributed by atoms with Crippen LogP contribution < -0.4 is 0 Å². The fourth-order valence-electron chi connectivity index (χ4n) is 8.68. The van der Waals surface area contributed by atoms with Gasteiger partial charge in [-0.25, -0.2) is 0 Å². The Kier molecular flexibility index (Phi) is 6.04. The summed E-state index contributed by atoms with van der Waals surface area (Å²) >= 11 is 0. The van der Waals surface area contributed by atoms with Crippen LogP contribution in [0.25, 0.3) is 0 Å². The van der Waals surface area contributed by atoms with Crippen LogP contribution in [-0.4, -0.2) is 11.2 Å². The summed E-state index contributed by atoms with van der Waals surface area (Å²) in [7, 11) is 0. The summed E-state index contributed by atoms with van der Waals surface area (Å²) in [5.41, 5.74) is 2.59. The Balaban J connectivity index is 1.49. The van der Waals surface area contributed by atoms with Crippen molar-refractivity contribution in [2.24, 2.45) is 52.3 Å². The van der Waals surface area contributed by atoms with Gasteiger partial charge in [-0.2, -0.15) is 0 Å². The summed E-state index contributed by atoms with van der Waals surface area (Å²) in [5.74, 6) is 6.24. The van der Waals surface area contributed by atoms with Crippen LogP contribution >= 0.6 is 0 Å². The summed E-state index contributed by atoms with van der Waals surface area (Å²) in [5, 5.41) is 10.2. The summed E-state index contributed by atoms with van der Waals surface area (Å²) in [4.78, 5) is 0. The van der Waals surface area contributed by atoms with Crippen LogP contribution in [0, 0.1) is 52.3 Å². The van der Waals surface area contributed by atoms with Gasteiger partial charge in [0, 0.05) is 0 Å². The van der Waals surface area contributed by atoms with Gasteiger partial charge in [0.15, 0.2) is 0 Å². The minimum absolute atomic E-state index is 0.0790. The van der Waals surface area contributed by atoms with Crippen molar-refractivity contribution in [1.29, 1.82) is 0 Å². The van der Waals surface area contributed by atoms with Crippen LogP contribution in [0.3, 0.4) is 0 Å². The molecule has 4 aliphatic carbocycles. The maximum atomic E-state index is 10.2. The standard InChI is InChI=1S/C28H48O/c1-18(2)19(3)7-8-20(4)24-11-12-25-23-10-9-21-17-22(29)13-15-27(21,5)26(23)14-16-28(24,25)6/h9,18-20,22-26,29H,7-8,10-17H2,1-6H3/t19?,20?,22-,23?,24?,25?,26?,27?,28?/m0/s1. The van der Waals surface area contributed by atoms with E-state index in [9.17, 15) is 5.11 Å². The van der Waals surface area contributed by atoms with Crippen LogP contribution in [0.15, 0.2) is 11.6 Å². The highest BCUT2D eigenvalue weighted by atomic mass is 16.3. The van der Waals surface area contributed by atoms with Crippen LogP contribution in [0.5, 0.6) is 0 Å². The quantitative estimate of drug-likeness (QED) is 0.470. The SMILES string of the molecule is CC(C)C(C)CCC(C)C1CCC2C3CC=C4C[C@@H](O)CCC4(C)C3CCC12C. The zero-order valence-corrected chi connectivity index (χ0v) is 20.2. The highest BCUT2D eigenvalue weighted by Crippen LogP contribution is 2.67. The fraction of sp³-hybridized carbons (Fsp3) is 0.929. The molecular formula is C28H48O. The van der Waals surface area contributed by atoms with Crippen LogP contribution in [0.2, 0.25) is 0 Å². The molecule has 0 amide bonds. The molecule has 0 aliphatic heterocycles. The van der Waals surface area contributed by atoms with Crippen molar-refractivity contribution in [3.05, 3.63) is 11.6 Å². The molecule has 1 N–H and O–H groups in total. The lowest BCUT2D eigenvalue weighted by Gasteiger charge is -2.58. The van der Waals surface area contributed by atoms with E-state index in [1.807, 2.05) is 0 Å². The average molecular weight is 401 g/mol. The molecule has 0 spiro atoms. The van der Waals surface area contributed by atoms with Crippen LogP contribution in [0.4, 0.5) is 0 Å². The van der Waals surface area contributed by atoms with E-state index in [-0.39, 0.29) is 6.10 Å². The van der Waals surface area contributed by atoms with Crippen molar-refractivity contribution < 1.29 is 5.11 Å². The van der Waals surface area contributed by atoms with Crippen LogP contribution in [-0.2, 0) is 0 Å². The first-order valence-electron chi connectivity index (χ1n) is 13.0. The second kappa shape index (κ2) is 7.99. The van der Waals surface area contributed by atoms with E-state index in [1.54, 1.807) is 5.57 Å². The first-order chi connectivity index (χ1) is 13.7. The molecule has 0 saturated heterocycles. The van der Waals surface area contributed by atoms with E-state index in [1.165, 1.54) is 51.4 Å². The van der Waals surface area contributed by atoms with Gasteiger partial charge in [-0.3, -0.25) is 0 Å². The van der Waals surface area contributed by atoms with Gasteiger partial charge < -0.3 is 5.11 Å². The smallest absolute Gasteiger partial charge is 0.0577 e. The molecule has 0 aromatic heterocycles. The van der Waals surface area contributed by atoms with Gasteiger partial charge in [0.1, 0.15) is 0 Å². The molecule has 4 aliphatic rings. The molecule has 0 aromatic carbocycles. The van der Waals surface area contributed by atoms with E-state index in [4.69, 9.17) is 0 Å². The van der Waals surface area contributed by atoms with Crippen molar-refractivity contribution in [3.8, 4) is 0 Å². The molecule has 3 fully saturated rings. The molecule has 29 heavy (non-hydrogen) atoms. The number of fused-ring (bicyclic) bond motifs is 5. The van der Waals surface area contributed by atoms with Gasteiger partial charge in [-0.15, -0.1) is 0 Å². The average Bonchev–Trinajstić information content (AvgIpc) is 3.03. The molecule has 9 atom stereocenters. The largest absolute Gasteiger partial charge is 0.393 e. The van der Waals surface area contributed by atoms with Gasteiger partial charge in [0.2, 0.25) is 0 Å². The Morgan fingerprint density at radius 1 is 0.966 bits per heavy atom. The molecule has 0 heterocycles. The Morgan fingerprint density at radius 3 is 2.45 bits per heavy atom. The number of aliphatic hydroxyl groups excluding tert-OH is 1. The monoisotopic (exact) mass is 400 g/mol. The van der Waals surface area contributed by atoms with E-state index in [0.29, 0.717) is 10.8 Å². The minimum atomic E-state index is -0.0790. The summed E-state index contributed by atoms with van der Waals surface area (Å²) in [6.45, 7) is 15.1. The van der Waals surface area contributed by atoms with Crippen molar-refractivity contribution in [2.75, 3.05) is 0 Å². The third-order valence-corrected chi connectivity index (χ3v) is 11.1. The van der Waals surface area contributed by atoms with Gasteiger partial charge >= 0.3 is 0 Å². The first-order valence-corrected chi connectivity index (χ1v) is 13.0. The van der Waals surface area contributed by atoms with Gasteiger partial charge in [-0.1, -0.05) is 66.0 Å². The normalized spacial score (nSPS) is 46.5. The molecule has 1 nitrogen and oxygen atoms in total. The number of allylic oxidation sites excluding steroid dienone is 1. The maximum Gasteiger partial charge on any atom is 0.0577 e. The first kappa shape index (κ1) is 21.9. The lowest BCUT2D eigenvalue weighted by Crippen LogP contribution is -2.50. The predicted octanol–water partition coefficient (Wildman–Crippen LogP) is 7.63. The van der Waals surface area contributed by atoms with E-state index < -0.39 is 0 Å². The number of hydrogen-bond donors (Lipinski definition) is 1. The number of rotatable bonds is 5. The molecule has 8 unspecified atom stereocenters. The molecule has 4 rings (SSSR count). The second-order valence-corrected chi connectivity index (χ2v) is 12.7. The second-order valence-electron chi connectivity index (χ2n) is 12.7. The number of aliphatic hydroxyl groups is 1. The Bertz CT molecular complexity index is 620. The van der Waals surface area contributed by atoms with Gasteiger partial charge in [-0.05, 0) is 104 Å². The molecular weight excluding hydrogens is 352 g/mol. The molecule has 0 bridgehead atoms. The van der Waals surface area contributed by atoms with Crippen molar-refractivity contribution in [2.45, 2.75) is 112 Å². The fourth-order valence-corrected chi connectivity index (χ4v) is 8.68. The summed E-state index contributed by atoms with van der Waals surface area (Å²) in [6, 6.07) is 0. The van der Waals surface area contributed by atoms with E-state index in [0.717, 1.165) is 54.3 Å². The maximum absolute atomic E-state index is 10.2. The zero-order chi connectivity index (χ0) is 21.0. The third-order valence-electron chi connectivity index (χ3n) is 11.1. The van der Waals surface area contributed by atoms with Gasteiger partial charge in [0.05, 0.1) is 6.10 Å². The molecule has 3 saturated carbocycles. The third kappa shape index (κ3) is 3.66. The Morgan fingerprint density at radius 2 is 1.72 bits per heavy atom. The molecule has 1 heteroatoms. The lowest BCUT2D eigenvalue weighted by atomic mass is 9.47.